The van der Waals surface area contributed by atoms with Crippen LogP contribution < -0.4 is 10.6 Å². The third-order valence-electron chi connectivity index (χ3n) is 3.84. The van der Waals surface area contributed by atoms with Crippen molar-refractivity contribution in [3.63, 3.8) is 0 Å². The molecule has 0 spiro atoms. The van der Waals surface area contributed by atoms with Crippen LogP contribution in [0.2, 0.25) is 5.02 Å². The van der Waals surface area contributed by atoms with Crippen molar-refractivity contribution in [1.82, 2.24) is 9.88 Å². The summed E-state index contributed by atoms with van der Waals surface area (Å²) in [4.78, 5) is 14.5. The maximum Gasteiger partial charge on any atom is 0.191 e. The molecule has 0 radical (unpaired) electrons. The Balaban J connectivity index is 1.54. The Kier molecular flexibility index (Phi) is 5.03. The molecular weight excluding hydrogens is 330 g/mol. The van der Waals surface area contributed by atoms with Crippen LogP contribution in [0.1, 0.15) is 9.88 Å². The molecule has 0 aliphatic carbocycles. The molecule has 0 saturated carbocycles. The number of nitrogens with two attached hydrogens (primary N) is 1. The van der Waals surface area contributed by atoms with E-state index in [0.717, 1.165) is 36.2 Å². The van der Waals surface area contributed by atoms with Crippen molar-refractivity contribution in [2.45, 2.75) is 13.5 Å². The van der Waals surface area contributed by atoms with Crippen molar-refractivity contribution in [3.05, 3.63) is 45.4 Å². The summed E-state index contributed by atoms with van der Waals surface area (Å²) in [5.74, 6) is 0.605. The minimum atomic E-state index is 0.557. The van der Waals surface area contributed by atoms with Crippen LogP contribution in [0, 0.1) is 6.92 Å². The Morgan fingerprint density at radius 1 is 1.26 bits per heavy atom. The number of aliphatic imine (C=N–C) groups is 1. The van der Waals surface area contributed by atoms with Crippen LogP contribution in [-0.4, -0.2) is 42.0 Å². The van der Waals surface area contributed by atoms with Crippen molar-refractivity contribution in [2.75, 3.05) is 31.1 Å². The first-order valence-corrected chi connectivity index (χ1v) is 8.78. The van der Waals surface area contributed by atoms with E-state index in [4.69, 9.17) is 17.3 Å². The molecule has 23 heavy (non-hydrogen) atoms. The van der Waals surface area contributed by atoms with Gasteiger partial charge in [-0.15, -0.1) is 11.3 Å². The van der Waals surface area contributed by atoms with Crippen LogP contribution in [0.4, 0.5) is 5.69 Å². The summed E-state index contributed by atoms with van der Waals surface area (Å²) in [6.07, 6.45) is 1.87. The number of aromatic nitrogens is 1. The summed E-state index contributed by atoms with van der Waals surface area (Å²) < 4.78 is 0. The normalized spacial score (nSPS) is 16.0. The average molecular weight is 350 g/mol. The Labute approximate surface area is 145 Å². The van der Waals surface area contributed by atoms with Gasteiger partial charge >= 0.3 is 0 Å². The molecule has 0 atom stereocenters. The standard InChI is InChI=1S/C16H20ClN5S/c1-12-10-19-15(23-12)11-20-16(18)22-8-6-21(7-9-22)14-4-2-13(17)3-5-14/h2-5,10H,6-9,11H2,1H3,(H2,18,20). The highest BCUT2D eigenvalue weighted by molar-refractivity contribution is 7.11. The van der Waals surface area contributed by atoms with E-state index in [1.807, 2.05) is 25.3 Å². The molecule has 2 N–H and O–H groups in total. The molecular formula is C16H20ClN5S. The molecule has 1 fully saturated rings. The SMILES string of the molecule is Cc1cnc(CN=C(N)N2CCN(c3ccc(Cl)cc3)CC2)s1. The third-order valence-corrected chi connectivity index (χ3v) is 4.99. The predicted molar refractivity (Wildman–Crippen MR) is 97.4 cm³/mol. The van der Waals surface area contributed by atoms with Gasteiger partial charge in [-0.1, -0.05) is 11.6 Å². The van der Waals surface area contributed by atoms with E-state index in [1.54, 1.807) is 11.3 Å². The minimum Gasteiger partial charge on any atom is -0.370 e. The van der Waals surface area contributed by atoms with Crippen molar-refractivity contribution >= 4 is 34.6 Å². The van der Waals surface area contributed by atoms with Crippen LogP contribution in [0.15, 0.2) is 35.5 Å². The van der Waals surface area contributed by atoms with Gasteiger partial charge < -0.3 is 15.5 Å². The Bertz CT molecular complexity index is 674. The number of nitrogens with zero attached hydrogens (tertiary/aromatic N) is 4. The quantitative estimate of drug-likeness (QED) is 0.683. The van der Waals surface area contributed by atoms with Gasteiger partial charge in [0, 0.05) is 48.0 Å². The van der Waals surface area contributed by atoms with Crippen molar-refractivity contribution < 1.29 is 0 Å². The third kappa shape index (κ3) is 4.14. The zero-order valence-electron chi connectivity index (χ0n) is 13.1. The second-order valence-corrected chi connectivity index (χ2v) is 7.25. The van der Waals surface area contributed by atoms with Crippen molar-refractivity contribution in [2.24, 2.45) is 10.7 Å². The molecule has 0 unspecified atom stereocenters. The largest absolute Gasteiger partial charge is 0.370 e. The zero-order valence-corrected chi connectivity index (χ0v) is 14.6. The van der Waals surface area contributed by atoms with E-state index in [1.165, 1.54) is 10.6 Å². The number of piperazine rings is 1. The number of guanidine groups is 1. The van der Waals surface area contributed by atoms with Crippen molar-refractivity contribution in [3.8, 4) is 0 Å². The molecule has 0 amide bonds. The van der Waals surface area contributed by atoms with E-state index in [9.17, 15) is 0 Å². The number of hydrogen-bond donors (Lipinski definition) is 1. The molecule has 2 heterocycles. The van der Waals surface area contributed by atoms with Crippen LogP contribution in [0.5, 0.6) is 0 Å². The predicted octanol–water partition coefficient (Wildman–Crippen LogP) is 2.74. The second kappa shape index (κ2) is 7.19. The molecule has 5 nitrogen and oxygen atoms in total. The summed E-state index contributed by atoms with van der Waals surface area (Å²) in [6, 6.07) is 7.96. The smallest absolute Gasteiger partial charge is 0.191 e. The van der Waals surface area contributed by atoms with Gasteiger partial charge in [0.25, 0.3) is 0 Å². The monoisotopic (exact) mass is 349 g/mol. The Morgan fingerprint density at radius 3 is 2.57 bits per heavy atom. The zero-order chi connectivity index (χ0) is 16.2. The van der Waals surface area contributed by atoms with Crippen LogP contribution in [-0.2, 0) is 6.54 Å². The lowest BCUT2D eigenvalue weighted by molar-refractivity contribution is 0.380. The van der Waals surface area contributed by atoms with E-state index in [0.29, 0.717) is 12.5 Å². The van der Waals surface area contributed by atoms with Crippen molar-refractivity contribution in [1.29, 1.82) is 0 Å². The highest BCUT2D eigenvalue weighted by Gasteiger charge is 2.18. The fourth-order valence-electron chi connectivity index (χ4n) is 2.57. The number of rotatable bonds is 3. The Hall–Kier alpha value is -1.79. The van der Waals surface area contributed by atoms with Gasteiger partial charge in [-0.3, -0.25) is 0 Å². The van der Waals surface area contributed by atoms with E-state index in [2.05, 4.69) is 31.9 Å². The van der Waals surface area contributed by atoms with E-state index >= 15 is 0 Å². The first-order valence-electron chi connectivity index (χ1n) is 7.58. The fourth-order valence-corrected chi connectivity index (χ4v) is 3.41. The lowest BCUT2D eigenvalue weighted by Crippen LogP contribution is -2.51. The number of thiazole rings is 1. The van der Waals surface area contributed by atoms with Crippen LogP contribution >= 0.6 is 22.9 Å². The molecule has 1 aromatic heterocycles. The highest BCUT2D eigenvalue weighted by Crippen LogP contribution is 2.19. The Morgan fingerprint density at radius 2 is 1.96 bits per heavy atom. The molecule has 1 aromatic carbocycles. The summed E-state index contributed by atoms with van der Waals surface area (Å²) in [5, 5.41) is 1.77. The van der Waals surface area contributed by atoms with Gasteiger partial charge in [0.05, 0.1) is 6.54 Å². The minimum absolute atomic E-state index is 0.557. The molecule has 2 aromatic rings. The van der Waals surface area contributed by atoms with Crippen LogP contribution in [0.3, 0.4) is 0 Å². The summed E-state index contributed by atoms with van der Waals surface area (Å²) in [7, 11) is 0. The fraction of sp³-hybridized carbons (Fsp3) is 0.375. The molecule has 7 heteroatoms. The van der Waals surface area contributed by atoms with Gasteiger partial charge in [-0.05, 0) is 31.2 Å². The van der Waals surface area contributed by atoms with Gasteiger partial charge in [-0.2, -0.15) is 0 Å². The molecule has 1 aliphatic heterocycles. The maximum absolute atomic E-state index is 6.12. The molecule has 122 valence electrons. The number of halogens is 1. The van der Waals surface area contributed by atoms with Gasteiger partial charge in [-0.25, -0.2) is 9.98 Å². The van der Waals surface area contributed by atoms with Crippen LogP contribution in [0.25, 0.3) is 0 Å². The van der Waals surface area contributed by atoms with E-state index < -0.39 is 0 Å². The summed E-state index contributed by atoms with van der Waals surface area (Å²) in [5.41, 5.74) is 7.32. The average Bonchev–Trinajstić information content (AvgIpc) is 2.99. The number of benzene rings is 1. The van der Waals surface area contributed by atoms with E-state index in [-0.39, 0.29) is 0 Å². The second-order valence-electron chi connectivity index (χ2n) is 5.49. The lowest BCUT2D eigenvalue weighted by atomic mass is 10.2. The number of anilines is 1. The summed E-state index contributed by atoms with van der Waals surface area (Å²) in [6.45, 7) is 6.19. The first-order chi connectivity index (χ1) is 11.1. The highest BCUT2D eigenvalue weighted by atomic mass is 35.5. The molecule has 0 bridgehead atoms. The van der Waals surface area contributed by atoms with Gasteiger partial charge in [0.15, 0.2) is 5.96 Å². The summed E-state index contributed by atoms with van der Waals surface area (Å²) >= 11 is 7.60. The molecule has 1 aliphatic rings. The van der Waals surface area contributed by atoms with Gasteiger partial charge in [0.2, 0.25) is 0 Å². The number of hydrogen-bond acceptors (Lipinski definition) is 4. The molecule has 3 rings (SSSR count). The molecule has 1 saturated heterocycles. The maximum atomic E-state index is 6.12. The number of aryl methyl sites for hydroxylation is 1. The lowest BCUT2D eigenvalue weighted by Gasteiger charge is -2.36. The topological polar surface area (TPSA) is 57.8 Å². The van der Waals surface area contributed by atoms with Gasteiger partial charge in [0.1, 0.15) is 5.01 Å². The first kappa shape index (κ1) is 16.1.